The quantitative estimate of drug-likeness (QED) is 0.546. The largest absolute Gasteiger partial charge is 0.0761 e. The van der Waals surface area contributed by atoms with Gasteiger partial charge < -0.3 is 0 Å². The topological polar surface area (TPSA) is 0 Å². The van der Waals surface area contributed by atoms with Crippen molar-refractivity contribution in [3.8, 4) is 0 Å². The van der Waals surface area contributed by atoms with E-state index < -0.39 is 6.14 Å². The van der Waals surface area contributed by atoms with E-state index in [1.54, 1.807) is 0 Å². The fourth-order valence-corrected chi connectivity index (χ4v) is 145. The molecule has 0 aromatic rings. The van der Waals surface area contributed by atoms with Gasteiger partial charge in [0, 0.05) is 74.8 Å². The lowest BCUT2D eigenvalue weighted by molar-refractivity contribution is 2.32. The van der Waals surface area contributed by atoms with Crippen LogP contribution >= 0.6 is 0 Å². The first kappa shape index (κ1) is 12.0. The first-order valence-electron chi connectivity index (χ1n) is 3.75. The van der Waals surface area contributed by atoms with Crippen LogP contribution in [0.15, 0.2) is 0 Å². The molecule has 1 rings (SSSR count). The van der Waals surface area contributed by atoms with Gasteiger partial charge in [0.2, 0.25) is 0 Å². The van der Waals surface area contributed by atoms with Crippen LogP contribution in [0.2, 0.25) is 19.6 Å². The smallest absolute Gasteiger partial charge is 0.0148 e. The summed E-state index contributed by atoms with van der Waals surface area (Å²) >= 11 is 0. The summed E-state index contributed by atoms with van der Waals surface area (Å²) in [6.45, 7) is 7.57. The molecule has 1 aliphatic rings. The SMILES string of the molecule is C[Si][Si]1[Si][Si][Si][Si][Si]1([Si]C)[Si]C. The zero-order valence-electron chi connectivity index (χ0n) is 7.50. The Balaban J connectivity index is 2.66. The lowest BCUT2D eigenvalue weighted by atomic mass is 11.9. The third-order valence-corrected chi connectivity index (χ3v) is 97.9. The van der Waals surface area contributed by atoms with Gasteiger partial charge in [-0.05, 0) is 0 Å². The Hall–Kier alpha value is 1.95. The van der Waals surface area contributed by atoms with E-state index in [0.717, 1.165) is 0 Å². The molecule has 12 heavy (non-hydrogen) atoms. The first-order chi connectivity index (χ1) is 5.79. The summed E-state index contributed by atoms with van der Waals surface area (Å²) in [7, 11) is 10.3. The van der Waals surface area contributed by atoms with Crippen molar-refractivity contribution in [3.05, 3.63) is 0 Å². The zero-order chi connectivity index (χ0) is 9.03. The van der Waals surface area contributed by atoms with Crippen LogP contribution in [0.5, 0.6) is 0 Å². The molecule has 0 amide bonds. The molecule has 9 heteroatoms. The van der Waals surface area contributed by atoms with Gasteiger partial charge in [-0.15, -0.1) is 0 Å². The van der Waals surface area contributed by atoms with E-state index >= 15 is 0 Å². The molecule has 0 aromatic carbocycles. The minimum absolute atomic E-state index is 0.264. The molecule has 15 radical (unpaired) electrons. The van der Waals surface area contributed by atoms with E-state index in [1.165, 1.54) is 61.3 Å². The second kappa shape index (κ2) is 5.74. The molecule has 1 saturated heterocycles. The second-order valence-electron chi connectivity index (χ2n) is 2.38. The summed E-state index contributed by atoms with van der Waals surface area (Å²) in [5.41, 5.74) is 0. The van der Waals surface area contributed by atoms with Crippen LogP contribution in [0.4, 0.5) is 0 Å². The van der Waals surface area contributed by atoms with Gasteiger partial charge in [-0.2, -0.15) is 0 Å². The first-order valence-corrected chi connectivity index (χ1v) is 24.8. The lowest BCUT2D eigenvalue weighted by Crippen LogP contribution is -2.75. The Morgan fingerprint density at radius 1 is 1.08 bits per heavy atom. The van der Waals surface area contributed by atoms with Gasteiger partial charge in [-0.1, -0.05) is 19.6 Å². The normalized spacial score (nSPS) is 24.2. The van der Waals surface area contributed by atoms with Crippen molar-refractivity contribution >= 4 is 74.8 Å². The fourth-order valence-electron chi connectivity index (χ4n) is 1.12. The van der Waals surface area contributed by atoms with Crippen molar-refractivity contribution in [2.45, 2.75) is 19.6 Å². The van der Waals surface area contributed by atoms with Crippen LogP contribution in [-0.4, -0.2) is 74.8 Å². The Morgan fingerprint density at radius 3 is 2.17 bits per heavy atom. The van der Waals surface area contributed by atoms with Crippen molar-refractivity contribution in [3.63, 3.8) is 0 Å². The van der Waals surface area contributed by atoms with Crippen LogP contribution in [0.1, 0.15) is 0 Å². The van der Waals surface area contributed by atoms with Crippen LogP contribution in [-0.2, 0) is 0 Å². The Bertz CT molecular complexity index is 132. The summed E-state index contributed by atoms with van der Waals surface area (Å²) in [6, 6.07) is 0. The molecule has 0 N–H and O–H groups in total. The Labute approximate surface area is 93.9 Å². The fraction of sp³-hybridized carbons (Fsp3) is 1.00. The van der Waals surface area contributed by atoms with Crippen LogP contribution in [0.3, 0.4) is 0 Å². The van der Waals surface area contributed by atoms with Gasteiger partial charge in [0.1, 0.15) is 0 Å². The van der Waals surface area contributed by atoms with Gasteiger partial charge >= 0.3 is 0 Å². The van der Waals surface area contributed by atoms with E-state index in [2.05, 4.69) is 19.6 Å². The van der Waals surface area contributed by atoms with E-state index in [1.807, 2.05) is 0 Å². The van der Waals surface area contributed by atoms with Crippen molar-refractivity contribution in [1.82, 2.24) is 0 Å². The summed E-state index contributed by atoms with van der Waals surface area (Å²) in [5.74, 6) is 0. The highest BCUT2D eigenvalue weighted by atomic mass is 30.4. The Morgan fingerprint density at radius 2 is 1.75 bits per heavy atom. The molecule has 1 fully saturated rings. The molecule has 0 nitrogen and oxygen atoms in total. The summed E-state index contributed by atoms with van der Waals surface area (Å²) < 4.78 is 0. The van der Waals surface area contributed by atoms with Crippen LogP contribution in [0, 0.1) is 0 Å². The van der Waals surface area contributed by atoms with Crippen molar-refractivity contribution in [2.75, 3.05) is 0 Å². The average Bonchev–Trinajstić information content (AvgIpc) is 2.17. The molecule has 57 valence electrons. The molecule has 0 spiro atoms. The Kier molecular flexibility index (Phi) is 5.75. The maximum atomic E-state index is 2.53. The molecule has 0 unspecified atom stereocenters. The van der Waals surface area contributed by atoms with E-state index in [4.69, 9.17) is 0 Å². The van der Waals surface area contributed by atoms with Crippen molar-refractivity contribution < 1.29 is 0 Å². The van der Waals surface area contributed by atoms with Gasteiger partial charge in [0.25, 0.3) is 0 Å². The predicted molar refractivity (Wildman–Crippen MR) is 69.4 cm³/mol. The average molecular weight is 298 g/mol. The summed E-state index contributed by atoms with van der Waals surface area (Å²) in [4.78, 5) is 0. The van der Waals surface area contributed by atoms with Crippen LogP contribution in [0.25, 0.3) is 0 Å². The summed E-state index contributed by atoms with van der Waals surface area (Å²) in [5, 5.41) is 0. The van der Waals surface area contributed by atoms with Gasteiger partial charge in [0.05, 0.1) is 0 Å². The molecule has 1 heterocycles. The van der Waals surface area contributed by atoms with Gasteiger partial charge in [-0.3, -0.25) is 0 Å². The molecular formula is C3H9Si9. The monoisotopic (exact) mass is 297 g/mol. The second-order valence-corrected chi connectivity index (χ2v) is 50.6. The molecule has 0 atom stereocenters. The highest BCUT2D eigenvalue weighted by Crippen LogP contribution is 2.04. The van der Waals surface area contributed by atoms with E-state index in [0.29, 0.717) is 0 Å². The van der Waals surface area contributed by atoms with Crippen molar-refractivity contribution in [1.29, 1.82) is 0 Å². The number of hydrogen-bond donors (Lipinski definition) is 0. The minimum Gasteiger partial charge on any atom is -0.0761 e. The highest BCUT2D eigenvalue weighted by Gasteiger charge is 2.40. The molecule has 0 aliphatic carbocycles. The van der Waals surface area contributed by atoms with E-state index in [9.17, 15) is 0 Å². The number of rotatable bonds is 3. The highest BCUT2D eigenvalue weighted by molar-refractivity contribution is 8.10. The third kappa shape index (κ3) is 2.50. The minimum atomic E-state index is -0.531. The van der Waals surface area contributed by atoms with Crippen molar-refractivity contribution in [2.24, 2.45) is 0 Å². The zero-order valence-corrected chi connectivity index (χ0v) is 16.5. The van der Waals surface area contributed by atoms with Gasteiger partial charge in [0.15, 0.2) is 0 Å². The molecule has 0 aromatic heterocycles. The maximum absolute atomic E-state index is 2.53. The van der Waals surface area contributed by atoms with Gasteiger partial charge in [-0.25, -0.2) is 0 Å². The molecular weight excluding hydrogens is 289 g/mol. The third-order valence-electron chi connectivity index (χ3n) is 1.88. The summed E-state index contributed by atoms with van der Waals surface area (Å²) in [6.07, 6.45) is -0.531. The maximum Gasteiger partial charge on any atom is 0.0148 e. The molecule has 0 saturated carbocycles. The van der Waals surface area contributed by atoms with E-state index in [-0.39, 0.29) is 7.35 Å². The number of hydrogen-bond acceptors (Lipinski definition) is 0. The standard InChI is InChI=1S/C3H9Si9/c1-4-11-9-7-8-10-12(11,5-2)6-3/h1-3H3. The molecule has 1 aliphatic heterocycles. The lowest BCUT2D eigenvalue weighted by Gasteiger charge is -2.39. The molecule has 0 bridgehead atoms. The van der Waals surface area contributed by atoms with Crippen LogP contribution < -0.4 is 0 Å². The predicted octanol–water partition coefficient (Wildman–Crippen LogP) is -1.68.